The predicted octanol–water partition coefficient (Wildman–Crippen LogP) is 18.6. The lowest BCUT2D eigenvalue weighted by atomic mass is 9.93. The normalized spacial score (nSPS) is 11.0. The van der Waals surface area contributed by atoms with Crippen molar-refractivity contribution in [3.63, 3.8) is 0 Å². The molecule has 0 radical (unpaired) electrons. The molecule has 0 amide bonds. The van der Waals surface area contributed by atoms with E-state index >= 15 is 0 Å². The summed E-state index contributed by atoms with van der Waals surface area (Å²) in [5.41, 5.74) is 7.59. The average molecular weight is 1260 g/mol. The zero-order valence-corrected chi connectivity index (χ0v) is 50.4. The van der Waals surface area contributed by atoms with E-state index in [-0.39, 0.29) is 23.0 Å². The number of halogens is 2. The molecule has 0 bridgehead atoms. The number of rotatable bonds is 14. The van der Waals surface area contributed by atoms with Crippen LogP contribution in [0.25, 0.3) is 65.3 Å². The average Bonchev–Trinajstić information content (AvgIpc) is 2.20. The Morgan fingerprint density at radius 3 is 0.907 bits per heavy atom. The van der Waals surface area contributed by atoms with E-state index in [9.17, 15) is 19.2 Å². The first-order valence-electron chi connectivity index (χ1n) is 27.5. The van der Waals surface area contributed by atoms with E-state index < -0.39 is 23.9 Å². The van der Waals surface area contributed by atoms with Crippen molar-refractivity contribution in [1.82, 2.24) is 0 Å². The molecule has 86 heavy (non-hydrogen) atoms. The SMILES string of the molecule is COCc1cccc(C)c1-c1c(OC(=O)c2ccc3ccccc3c2)ccc(Br)c1OC(=O)c1ccc2ccccc2c1.COCc1cccc(C)c1-c1c(OC(=O)c2ccc3ccccc3c2)ccc(Br)c1OC(=O)c1ccc2ccccc2c1. The van der Waals surface area contributed by atoms with Crippen LogP contribution in [0, 0.1) is 13.8 Å². The molecule has 0 atom stereocenters. The number of carbonyl (C=O) groups is 4. The molecular weight excluding hydrogens is 1210 g/mol. The van der Waals surface area contributed by atoms with Gasteiger partial charge in [-0.15, -0.1) is 0 Å². The summed E-state index contributed by atoms with van der Waals surface area (Å²) in [5.74, 6) is -1.11. The van der Waals surface area contributed by atoms with Crippen LogP contribution in [0.2, 0.25) is 0 Å². The van der Waals surface area contributed by atoms with Gasteiger partial charge in [-0.1, -0.05) is 158 Å². The first-order valence-corrected chi connectivity index (χ1v) is 29.1. The maximum absolute atomic E-state index is 13.6. The van der Waals surface area contributed by atoms with E-state index in [0.29, 0.717) is 55.5 Å². The maximum atomic E-state index is 13.6. The molecule has 0 heterocycles. The first kappa shape index (κ1) is 58.2. The fraction of sp³-hybridized carbons (Fsp3) is 0.0811. The smallest absolute Gasteiger partial charge is 0.343 e. The predicted molar refractivity (Wildman–Crippen MR) is 346 cm³/mol. The standard InChI is InChI=1S/2C37H27BrO5/c2*1-23-8-7-13-30(22-41-2)33(23)34-32(42-36(39)28-16-14-24-9-3-5-11-26(24)20-28)19-18-31(38)35(34)43-37(40)29-17-15-25-10-4-6-12-27(25)21-29/h2*3-21H,22H2,1-2H3. The second-order valence-electron chi connectivity index (χ2n) is 20.4. The third-order valence-corrected chi connectivity index (χ3v) is 15.9. The molecule has 12 aromatic rings. The molecule has 0 aliphatic heterocycles. The lowest BCUT2D eigenvalue weighted by Crippen LogP contribution is -2.13. The molecule has 0 saturated heterocycles. The largest absolute Gasteiger partial charge is 0.422 e. The van der Waals surface area contributed by atoms with Crippen LogP contribution in [-0.4, -0.2) is 38.1 Å². The Balaban J connectivity index is 0.000000179. The van der Waals surface area contributed by atoms with Gasteiger partial charge in [0.2, 0.25) is 0 Å². The van der Waals surface area contributed by atoms with Crippen LogP contribution in [0.1, 0.15) is 63.7 Å². The number of aryl methyl sites for hydroxylation is 2. The van der Waals surface area contributed by atoms with Gasteiger partial charge in [0, 0.05) is 14.2 Å². The number of carbonyl (C=O) groups excluding carboxylic acids is 4. The monoisotopic (exact) mass is 1260 g/mol. The second kappa shape index (κ2) is 26.1. The van der Waals surface area contributed by atoms with E-state index in [4.69, 9.17) is 28.4 Å². The molecule has 12 heteroatoms. The zero-order chi connectivity index (χ0) is 59.8. The van der Waals surface area contributed by atoms with Crippen LogP contribution in [0.4, 0.5) is 0 Å². The Kier molecular flexibility index (Phi) is 17.7. The van der Waals surface area contributed by atoms with Crippen molar-refractivity contribution in [1.29, 1.82) is 0 Å². The molecular formula is C74H54Br2O10. The quantitative estimate of drug-likeness (QED) is 0.0768. The van der Waals surface area contributed by atoms with Crippen LogP contribution < -0.4 is 18.9 Å². The van der Waals surface area contributed by atoms with Crippen LogP contribution >= 0.6 is 31.9 Å². The minimum absolute atomic E-state index is 0.244. The molecule has 0 aliphatic rings. The summed E-state index contributed by atoms with van der Waals surface area (Å²) in [7, 11) is 3.24. The molecule has 0 aromatic heterocycles. The highest BCUT2D eigenvalue weighted by Crippen LogP contribution is 2.48. The van der Waals surface area contributed by atoms with E-state index in [1.807, 2.05) is 172 Å². The third kappa shape index (κ3) is 12.6. The number of ether oxygens (including phenoxy) is 6. The summed E-state index contributed by atoms with van der Waals surface area (Å²) < 4.78 is 36.5. The first-order chi connectivity index (χ1) is 41.8. The van der Waals surface area contributed by atoms with Gasteiger partial charge < -0.3 is 28.4 Å². The van der Waals surface area contributed by atoms with Gasteiger partial charge in [0.15, 0.2) is 11.5 Å². The van der Waals surface area contributed by atoms with Gasteiger partial charge in [0.1, 0.15) is 11.5 Å². The Labute approximate surface area is 513 Å². The molecule has 0 spiro atoms. The highest BCUT2D eigenvalue weighted by Gasteiger charge is 2.28. The number of hydrogen-bond donors (Lipinski definition) is 0. The number of methoxy groups -OCH3 is 2. The van der Waals surface area contributed by atoms with Crippen LogP contribution in [0.5, 0.6) is 23.0 Å². The zero-order valence-electron chi connectivity index (χ0n) is 47.2. The van der Waals surface area contributed by atoms with Crippen molar-refractivity contribution in [3.8, 4) is 45.3 Å². The summed E-state index contributed by atoms with van der Waals surface area (Å²) in [6.07, 6.45) is 0. The van der Waals surface area contributed by atoms with Crippen LogP contribution in [0.15, 0.2) is 239 Å². The van der Waals surface area contributed by atoms with Gasteiger partial charge in [0.05, 0.1) is 55.5 Å². The van der Waals surface area contributed by atoms with Crippen LogP contribution in [-0.2, 0) is 22.7 Å². The Morgan fingerprint density at radius 2 is 0.605 bits per heavy atom. The molecule has 0 saturated carbocycles. The Morgan fingerprint density at radius 1 is 0.314 bits per heavy atom. The minimum Gasteiger partial charge on any atom is -0.422 e. The van der Waals surface area contributed by atoms with Gasteiger partial charge in [-0.3, -0.25) is 0 Å². The Hall–Kier alpha value is -9.56. The second-order valence-corrected chi connectivity index (χ2v) is 22.1. The lowest BCUT2D eigenvalue weighted by molar-refractivity contribution is 0.0714. The molecule has 0 aliphatic carbocycles. The number of hydrogen-bond acceptors (Lipinski definition) is 10. The highest BCUT2D eigenvalue weighted by atomic mass is 79.9. The molecule has 10 nitrogen and oxygen atoms in total. The molecule has 12 aromatic carbocycles. The fourth-order valence-corrected chi connectivity index (χ4v) is 11.4. The molecule has 424 valence electrons. The lowest BCUT2D eigenvalue weighted by Gasteiger charge is -2.20. The van der Waals surface area contributed by atoms with Crippen molar-refractivity contribution in [2.75, 3.05) is 14.2 Å². The van der Waals surface area contributed by atoms with Crippen molar-refractivity contribution < 1.29 is 47.6 Å². The van der Waals surface area contributed by atoms with E-state index in [2.05, 4.69) is 31.9 Å². The van der Waals surface area contributed by atoms with Crippen LogP contribution in [0.3, 0.4) is 0 Å². The molecule has 0 unspecified atom stereocenters. The van der Waals surface area contributed by atoms with Crippen molar-refractivity contribution in [2.45, 2.75) is 27.1 Å². The van der Waals surface area contributed by atoms with Crippen molar-refractivity contribution in [2.24, 2.45) is 0 Å². The number of fused-ring (bicyclic) bond motifs is 4. The number of benzene rings is 12. The fourth-order valence-electron chi connectivity index (χ4n) is 10.5. The molecule has 0 fully saturated rings. The van der Waals surface area contributed by atoms with Gasteiger partial charge in [-0.2, -0.15) is 0 Å². The molecule has 0 N–H and O–H groups in total. The van der Waals surface area contributed by atoms with Gasteiger partial charge >= 0.3 is 23.9 Å². The van der Waals surface area contributed by atoms with Gasteiger partial charge in [-0.05, 0) is 195 Å². The highest BCUT2D eigenvalue weighted by molar-refractivity contribution is 9.11. The van der Waals surface area contributed by atoms with Crippen molar-refractivity contribution >= 4 is 98.8 Å². The van der Waals surface area contributed by atoms with Gasteiger partial charge in [0.25, 0.3) is 0 Å². The summed E-state index contributed by atoms with van der Waals surface area (Å²) in [6.45, 7) is 4.53. The van der Waals surface area contributed by atoms with Crippen molar-refractivity contribution in [3.05, 3.63) is 284 Å². The van der Waals surface area contributed by atoms with E-state index in [1.54, 1.807) is 87.0 Å². The Bertz CT molecular complexity index is 4320. The van der Waals surface area contributed by atoms with E-state index in [1.165, 1.54) is 0 Å². The summed E-state index contributed by atoms with van der Waals surface area (Å²) in [4.78, 5) is 54.3. The minimum atomic E-state index is -0.535. The van der Waals surface area contributed by atoms with Gasteiger partial charge in [-0.25, -0.2) is 19.2 Å². The number of esters is 4. The summed E-state index contributed by atoms with van der Waals surface area (Å²) >= 11 is 7.19. The molecule has 12 rings (SSSR count). The van der Waals surface area contributed by atoms with E-state index in [0.717, 1.165) is 76.5 Å². The summed E-state index contributed by atoms with van der Waals surface area (Å²) in [6, 6.07) is 71.5. The topological polar surface area (TPSA) is 124 Å². The third-order valence-electron chi connectivity index (χ3n) is 14.7. The summed E-state index contributed by atoms with van der Waals surface area (Å²) in [5, 5.41) is 7.80. The maximum Gasteiger partial charge on any atom is 0.343 e.